The lowest BCUT2D eigenvalue weighted by atomic mass is 9.47. The lowest BCUT2D eigenvalue weighted by Gasteiger charge is -2.58. The van der Waals surface area contributed by atoms with Gasteiger partial charge in [0.2, 0.25) is 0 Å². The Morgan fingerprint density at radius 2 is 1.81 bits per heavy atom. The summed E-state index contributed by atoms with van der Waals surface area (Å²) >= 11 is 0. The Bertz CT molecular complexity index is 706. The summed E-state index contributed by atoms with van der Waals surface area (Å²) in [6.45, 7) is 13.9. The van der Waals surface area contributed by atoms with E-state index in [1.165, 1.54) is 64.2 Å². The van der Waals surface area contributed by atoms with Crippen molar-refractivity contribution in [2.45, 2.75) is 125 Å². The van der Waals surface area contributed by atoms with Crippen molar-refractivity contribution >= 4 is 5.97 Å². The molecule has 2 heteroatoms. The number of rotatable bonds is 7. The number of hydrogen-bond donors (Lipinski definition) is 0. The lowest BCUT2D eigenvalue weighted by molar-refractivity contribution is -0.155. The molecule has 182 valence electrons. The van der Waals surface area contributed by atoms with E-state index in [1.54, 1.807) is 5.57 Å². The number of esters is 1. The van der Waals surface area contributed by atoms with E-state index in [9.17, 15) is 4.79 Å². The molecular weight excluding hydrogens is 392 g/mol. The van der Waals surface area contributed by atoms with Gasteiger partial charge in [0.15, 0.2) is 0 Å². The maximum atomic E-state index is 12.2. The van der Waals surface area contributed by atoms with Gasteiger partial charge in [-0.25, -0.2) is 0 Å². The molecule has 0 N–H and O–H groups in total. The van der Waals surface area contributed by atoms with E-state index in [2.05, 4.69) is 33.8 Å². The van der Waals surface area contributed by atoms with E-state index in [0.29, 0.717) is 10.8 Å². The first-order valence-corrected chi connectivity index (χ1v) is 14.0. The van der Waals surface area contributed by atoms with Crippen LogP contribution in [0.1, 0.15) is 119 Å². The Labute approximate surface area is 198 Å². The maximum absolute atomic E-state index is 12.2. The third-order valence-electron chi connectivity index (χ3n) is 10.6. The number of carbonyl (C=O) groups is 1. The molecule has 0 radical (unpaired) electrons. The van der Waals surface area contributed by atoms with Crippen LogP contribution >= 0.6 is 0 Å². The molecule has 0 amide bonds. The molecular formula is C30H50O2. The molecule has 0 aromatic rings. The molecule has 4 aliphatic rings. The molecule has 2 nitrogen and oxygen atoms in total. The van der Waals surface area contributed by atoms with Gasteiger partial charge in [0.25, 0.3) is 0 Å². The van der Waals surface area contributed by atoms with E-state index in [1.807, 2.05) is 13.8 Å². The van der Waals surface area contributed by atoms with Crippen LogP contribution < -0.4 is 0 Å². The van der Waals surface area contributed by atoms with Crippen molar-refractivity contribution in [2.75, 3.05) is 0 Å². The van der Waals surface area contributed by atoms with E-state index in [0.717, 1.165) is 42.4 Å². The summed E-state index contributed by atoms with van der Waals surface area (Å²) in [5, 5.41) is 0. The average molecular weight is 443 g/mol. The van der Waals surface area contributed by atoms with Gasteiger partial charge in [0.1, 0.15) is 6.10 Å². The Balaban J connectivity index is 1.42. The summed E-state index contributed by atoms with van der Waals surface area (Å²) in [5.41, 5.74) is 2.56. The minimum Gasteiger partial charge on any atom is -0.462 e. The summed E-state index contributed by atoms with van der Waals surface area (Å²) in [7, 11) is 0. The molecule has 0 bridgehead atoms. The van der Waals surface area contributed by atoms with Gasteiger partial charge in [-0.15, -0.1) is 0 Å². The first-order valence-electron chi connectivity index (χ1n) is 14.0. The number of ether oxygens (including phenoxy) is 1. The highest BCUT2D eigenvalue weighted by molar-refractivity contribution is 5.71. The molecule has 0 aromatic heterocycles. The predicted octanol–water partition coefficient (Wildman–Crippen LogP) is 8.35. The van der Waals surface area contributed by atoms with Gasteiger partial charge < -0.3 is 4.74 Å². The Hall–Kier alpha value is -0.790. The highest BCUT2D eigenvalue weighted by Gasteiger charge is 2.58. The summed E-state index contributed by atoms with van der Waals surface area (Å²) in [6.07, 6.45) is 18.8. The van der Waals surface area contributed by atoms with E-state index in [4.69, 9.17) is 4.74 Å². The molecule has 0 aromatic carbocycles. The fourth-order valence-corrected chi connectivity index (χ4v) is 8.55. The molecule has 0 heterocycles. The van der Waals surface area contributed by atoms with Crippen LogP contribution in [0.15, 0.2) is 11.6 Å². The zero-order valence-electron chi connectivity index (χ0n) is 21.9. The van der Waals surface area contributed by atoms with Gasteiger partial charge in [-0.3, -0.25) is 4.79 Å². The van der Waals surface area contributed by atoms with E-state index < -0.39 is 0 Å². The van der Waals surface area contributed by atoms with Gasteiger partial charge >= 0.3 is 5.97 Å². The quantitative estimate of drug-likeness (QED) is 0.225. The highest BCUT2D eigenvalue weighted by Crippen LogP contribution is 2.66. The van der Waals surface area contributed by atoms with Crippen LogP contribution in [0.25, 0.3) is 0 Å². The second-order valence-corrected chi connectivity index (χ2v) is 13.2. The molecule has 0 aliphatic heterocycles. The molecule has 3 saturated carbocycles. The molecule has 3 fully saturated rings. The molecule has 4 aliphatic carbocycles. The van der Waals surface area contributed by atoms with Crippen molar-refractivity contribution in [3.05, 3.63) is 11.6 Å². The smallest absolute Gasteiger partial charge is 0.308 e. The van der Waals surface area contributed by atoms with Crippen molar-refractivity contribution in [3.8, 4) is 0 Å². The third-order valence-corrected chi connectivity index (χ3v) is 10.6. The van der Waals surface area contributed by atoms with Crippen molar-refractivity contribution in [2.24, 2.45) is 46.3 Å². The fourth-order valence-electron chi connectivity index (χ4n) is 8.55. The van der Waals surface area contributed by atoms with Crippen LogP contribution in [0, 0.1) is 46.3 Å². The maximum Gasteiger partial charge on any atom is 0.308 e. The number of carbonyl (C=O) groups excluding carboxylic acids is 1. The van der Waals surface area contributed by atoms with Crippen LogP contribution in [-0.4, -0.2) is 12.1 Å². The number of unbranched alkanes of at least 4 members (excludes halogenated alkanes) is 1. The SMILES string of the molecule is CC(C)CCCCC1CCC2C3CC=C4C[C@@H](OC(=O)C(C)C)CC[C@]4(C)C3CC[C@]12C. The number of allylic oxidation sites excluding steroid dienone is 1. The topological polar surface area (TPSA) is 26.3 Å². The standard InChI is InChI=1S/C30H50O2/c1-20(2)9-7-8-10-22-12-14-26-25-13-11-23-19-24(32-28(31)21(3)4)15-17-30(23,6)27(25)16-18-29(22,26)5/h11,20-22,24-27H,7-10,12-19H2,1-6H3/t22?,24-,25?,26?,27?,29+,30-/m0/s1. The normalized spacial score (nSPS) is 41.1. The van der Waals surface area contributed by atoms with Gasteiger partial charge in [-0.2, -0.15) is 0 Å². The molecule has 32 heavy (non-hydrogen) atoms. The van der Waals surface area contributed by atoms with Crippen molar-refractivity contribution in [1.82, 2.24) is 0 Å². The molecule has 4 rings (SSSR count). The first-order chi connectivity index (χ1) is 15.1. The molecule has 7 atom stereocenters. The third kappa shape index (κ3) is 4.46. The van der Waals surface area contributed by atoms with Crippen molar-refractivity contribution in [3.63, 3.8) is 0 Å². The second kappa shape index (κ2) is 9.46. The molecule has 4 unspecified atom stereocenters. The monoisotopic (exact) mass is 442 g/mol. The lowest BCUT2D eigenvalue weighted by Crippen LogP contribution is -2.50. The van der Waals surface area contributed by atoms with Crippen LogP contribution in [0.3, 0.4) is 0 Å². The van der Waals surface area contributed by atoms with Crippen LogP contribution in [-0.2, 0) is 9.53 Å². The zero-order chi connectivity index (χ0) is 23.1. The summed E-state index contributed by atoms with van der Waals surface area (Å²) < 4.78 is 5.86. The largest absolute Gasteiger partial charge is 0.462 e. The van der Waals surface area contributed by atoms with Crippen LogP contribution in [0.2, 0.25) is 0 Å². The Kier molecular flexibility index (Phi) is 7.19. The van der Waals surface area contributed by atoms with E-state index >= 15 is 0 Å². The highest BCUT2D eigenvalue weighted by atomic mass is 16.5. The van der Waals surface area contributed by atoms with Gasteiger partial charge in [-0.05, 0) is 91.8 Å². The van der Waals surface area contributed by atoms with Crippen LogP contribution in [0.5, 0.6) is 0 Å². The number of hydrogen-bond acceptors (Lipinski definition) is 2. The van der Waals surface area contributed by atoms with Crippen LogP contribution in [0.4, 0.5) is 0 Å². The van der Waals surface area contributed by atoms with Gasteiger partial charge in [0, 0.05) is 6.42 Å². The molecule has 0 spiro atoms. The van der Waals surface area contributed by atoms with Crippen molar-refractivity contribution in [1.29, 1.82) is 0 Å². The minimum atomic E-state index is -0.0234. The summed E-state index contributed by atoms with van der Waals surface area (Å²) in [5.74, 6) is 4.44. The first kappa shape index (κ1) is 24.3. The zero-order valence-corrected chi connectivity index (χ0v) is 21.9. The van der Waals surface area contributed by atoms with Crippen molar-refractivity contribution < 1.29 is 9.53 Å². The van der Waals surface area contributed by atoms with E-state index in [-0.39, 0.29) is 18.0 Å². The summed E-state index contributed by atoms with van der Waals surface area (Å²) in [4.78, 5) is 12.2. The summed E-state index contributed by atoms with van der Waals surface area (Å²) in [6, 6.07) is 0. The average Bonchev–Trinajstić information content (AvgIpc) is 3.07. The second-order valence-electron chi connectivity index (χ2n) is 13.2. The van der Waals surface area contributed by atoms with Gasteiger partial charge in [0.05, 0.1) is 5.92 Å². The Morgan fingerprint density at radius 1 is 1.03 bits per heavy atom. The fraction of sp³-hybridized carbons (Fsp3) is 0.900. The molecule has 0 saturated heterocycles. The van der Waals surface area contributed by atoms with Gasteiger partial charge in [-0.1, -0.05) is 72.5 Å². The Morgan fingerprint density at radius 3 is 2.53 bits per heavy atom. The predicted molar refractivity (Wildman–Crippen MR) is 133 cm³/mol. The minimum absolute atomic E-state index is 0.0216. The number of fused-ring (bicyclic) bond motifs is 5.